The van der Waals surface area contributed by atoms with E-state index in [0.717, 1.165) is 0 Å². The summed E-state index contributed by atoms with van der Waals surface area (Å²) in [4.78, 5) is 5.42. The highest BCUT2D eigenvalue weighted by atomic mass is 15.6. The number of nitrogens with one attached hydrogen (secondary N) is 2. The normalized spacial score (nSPS) is 44.1. The topological polar surface area (TPSA) is 30.5 Å². The smallest absolute Gasteiger partial charge is 0.0909 e. The molecular formula is C15H30N4. The van der Waals surface area contributed by atoms with Crippen LogP contribution in [0.15, 0.2) is 0 Å². The molecule has 19 heavy (non-hydrogen) atoms. The van der Waals surface area contributed by atoms with Crippen LogP contribution in [-0.4, -0.2) is 53.5 Å². The molecule has 4 nitrogen and oxygen atoms in total. The molecule has 5 atom stereocenters. The van der Waals surface area contributed by atoms with Gasteiger partial charge >= 0.3 is 0 Å². The van der Waals surface area contributed by atoms with Crippen molar-refractivity contribution in [1.82, 2.24) is 20.4 Å². The molecule has 1 unspecified atom stereocenters. The highest BCUT2D eigenvalue weighted by molar-refractivity contribution is 5.02. The van der Waals surface area contributed by atoms with Gasteiger partial charge in [-0.1, -0.05) is 20.8 Å². The van der Waals surface area contributed by atoms with E-state index in [0.29, 0.717) is 30.6 Å². The molecule has 3 rings (SSSR count). The van der Waals surface area contributed by atoms with Crippen molar-refractivity contribution in [2.75, 3.05) is 13.1 Å². The minimum absolute atomic E-state index is 0.526. The third-order valence-electron chi connectivity index (χ3n) is 5.41. The summed E-state index contributed by atoms with van der Waals surface area (Å²) >= 11 is 0. The first-order chi connectivity index (χ1) is 9.28. The summed E-state index contributed by atoms with van der Waals surface area (Å²) in [6.07, 6.45) is 8.06. The molecule has 110 valence electrons. The van der Waals surface area contributed by atoms with Gasteiger partial charge in [0.05, 0.1) is 18.5 Å². The predicted molar refractivity (Wildman–Crippen MR) is 78.7 cm³/mol. The summed E-state index contributed by atoms with van der Waals surface area (Å²) in [7, 11) is 0. The first-order valence-corrected chi connectivity index (χ1v) is 8.32. The van der Waals surface area contributed by atoms with Gasteiger partial charge in [0.25, 0.3) is 0 Å². The average Bonchev–Trinajstić information content (AvgIpc) is 2.79. The molecule has 0 saturated carbocycles. The SMILES string of the molecule is CCC1N2CC[C@H](CC)N[C@@H]2[C@@H]2N[C@H](CC)CCN12. The molecule has 0 spiro atoms. The molecule has 2 N–H and O–H groups in total. The number of rotatable bonds is 3. The van der Waals surface area contributed by atoms with E-state index in [9.17, 15) is 0 Å². The predicted octanol–water partition coefficient (Wildman–Crippen LogP) is 1.54. The molecule has 3 heterocycles. The van der Waals surface area contributed by atoms with Crippen LogP contribution in [0.2, 0.25) is 0 Å². The summed E-state index contributed by atoms with van der Waals surface area (Å²) in [6, 6.07) is 1.42. The molecule has 0 aromatic heterocycles. The van der Waals surface area contributed by atoms with Crippen LogP contribution in [0.3, 0.4) is 0 Å². The maximum Gasteiger partial charge on any atom is 0.0909 e. The maximum atomic E-state index is 3.89. The van der Waals surface area contributed by atoms with Crippen molar-refractivity contribution in [3.05, 3.63) is 0 Å². The molecule has 0 amide bonds. The molecule has 3 fully saturated rings. The molecule has 0 aromatic carbocycles. The van der Waals surface area contributed by atoms with E-state index in [1.54, 1.807) is 0 Å². The van der Waals surface area contributed by atoms with Gasteiger partial charge in [-0.05, 0) is 32.1 Å². The van der Waals surface area contributed by atoms with E-state index in [1.807, 2.05) is 0 Å². The Morgan fingerprint density at radius 1 is 0.789 bits per heavy atom. The van der Waals surface area contributed by atoms with Gasteiger partial charge in [-0.2, -0.15) is 0 Å². The Morgan fingerprint density at radius 2 is 1.26 bits per heavy atom. The van der Waals surface area contributed by atoms with Crippen molar-refractivity contribution in [3.8, 4) is 0 Å². The molecule has 3 saturated heterocycles. The Balaban J connectivity index is 1.78. The second-order valence-electron chi connectivity index (χ2n) is 6.38. The van der Waals surface area contributed by atoms with Crippen molar-refractivity contribution >= 4 is 0 Å². The van der Waals surface area contributed by atoms with Gasteiger partial charge in [-0.3, -0.25) is 20.4 Å². The lowest BCUT2D eigenvalue weighted by molar-refractivity contribution is 0.0693. The van der Waals surface area contributed by atoms with Crippen molar-refractivity contribution in [2.45, 2.75) is 83.5 Å². The molecular weight excluding hydrogens is 236 g/mol. The van der Waals surface area contributed by atoms with E-state index in [1.165, 1.54) is 45.2 Å². The molecule has 0 bridgehead atoms. The molecule has 0 aromatic rings. The average molecular weight is 266 g/mol. The number of hydrogen-bond acceptors (Lipinski definition) is 4. The zero-order valence-corrected chi connectivity index (χ0v) is 12.7. The standard InChI is InChI=1S/C15H30N4/c1-4-11-7-9-18-13(6-3)19-10-8-12(5-2)17-15(19)14(18)16-11/h11-17H,4-10H2,1-3H3/t11-,12+,13?,14-,15+. The largest absolute Gasteiger partial charge is 0.296 e. The Bertz CT molecular complexity index is 281. The molecule has 4 heteroatoms. The van der Waals surface area contributed by atoms with Crippen molar-refractivity contribution in [1.29, 1.82) is 0 Å². The van der Waals surface area contributed by atoms with E-state index in [-0.39, 0.29) is 0 Å². The second kappa shape index (κ2) is 5.68. The van der Waals surface area contributed by atoms with Gasteiger partial charge in [0, 0.05) is 25.2 Å². The summed E-state index contributed by atoms with van der Waals surface area (Å²) in [5.41, 5.74) is 0. The van der Waals surface area contributed by atoms with Crippen molar-refractivity contribution in [3.63, 3.8) is 0 Å². The number of fused-ring (bicyclic) bond motifs is 3. The Kier molecular flexibility index (Phi) is 4.13. The molecule has 3 aliphatic heterocycles. The highest BCUT2D eigenvalue weighted by Crippen LogP contribution is 2.32. The second-order valence-corrected chi connectivity index (χ2v) is 6.38. The van der Waals surface area contributed by atoms with Gasteiger partial charge in [0.15, 0.2) is 0 Å². The Morgan fingerprint density at radius 3 is 1.63 bits per heavy atom. The summed E-state index contributed by atoms with van der Waals surface area (Å²) in [6.45, 7) is 9.48. The minimum Gasteiger partial charge on any atom is -0.296 e. The lowest BCUT2D eigenvalue weighted by atomic mass is 10.0. The van der Waals surface area contributed by atoms with Crippen LogP contribution in [0.1, 0.15) is 52.9 Å². The van der Waals surface area contributed by atoms with E-state index < -0.39 is 0 Å². The first kappa shape index (κ1) is 13.8. The Hall–Kier alpha value is -0.160. The van der Waals surface area contributed by atoms with Crippen LogP contribution in [0.4, 0.5) is 0 Å². The highest BCUT2D eigenvalue weighted by Gasteiger charge is 2.49. The summed E-state index contributed by atoms with van der Waals surface area (Å²) in [5, 5.41) is 7.79. The number of nitrogens with zero attached hydrogens (tertiary/aromatic N) is 2. The van der Waals surface area contributed by atoms with Gasteiger partial charge in [-0.15, -0.1) is 0 Å². The minimum atomic E-state index is 0.526. The van der Waals surface area contributed by atoms with Crippen molar-refractivity contribution < 1.29 is 0 Å². The third kappa shape index (κ3) is 2.33. The van der Waals surface area contributed by atoms with Gasteiger partial charge in [0.2, 0.25) is 0 Å². The van der Waals surface area contributed by atoms with Gasteiger partial charge in [-0.25, -0.2) is 0 Å². The fourth-order valence-corrected chi connectivity index (χ4v) is 4.25. The monoisotopic (exact) mass is 266 g/mol. The van der Waals surface area contributed by atoms with Crippen LogP contribution in [0.25, 0.3) is 0 Å². The first-order valence-electron chi connectivity index (χ1n) is 8.32. The van der Waals surface area contributed by atoms with Crippen LogP contribution < -0.4 is 10.6 Å². The van der Waals surface area contributed by atoms with Crippen molar-refractivity contribution in [2.24, 2.45) is 0 Å². The van der Waals surface area contributed by atoms with Crippen LogP contribution in [-0.2, 0) is 0 Å². The maximum absolute atomic E-state index is 3.89. The molecule has 0 aliphatic carbocycles. The fourth-order valence-electron chi connectivity index (χ4n) is 4.25. The summed E-state index contributed by atoms with van der Waals surface area (Å²) < 4.78 is 0. The molecule has 0 radical (unpaired) electrons. The van der Waals surface area contributed by atoms with E-state index >= 15 is 0 Å². The number of hydrogen-bond donors (Lipinski definition) is 2. The third-order valence-corrected chi connectivity index (χ3v) is 5.41. The quantitative estimate of drug-likeness (QED) is 0.811. The lowest BCUT2D eigenvalue weighted by Crippen LogP contribution is -2.63. The summed E-state index contributed by atoms with van der Waals surface area (Å²) in [5.74, 6) is 0. The van der Waals surface area contributed by atoms with Gasteiger partial charge in [0.1, 0.15) is 0 Å². The lowest BCUT2D eigenvalue weighted by Gasteiger charge is -2.40. The Labute approximate surface area is 117 Å². The van der Waals surface area contributed by atoms with Crippen LogP contribution >= 0.6 is 0 Å². The van der Waals surface area contributed by atoms with E-state index in [2.05, 4.69) is 41.2 Å². The zero-order valence-electron chi connectivity index (χ0n) is 12.7. The van der Waals surface area contributed by atoms with E-state index in [4.69, 9.17) is 0 Å². The van der Waals surface area contributed by atoms with Crippen LogP contribution in [0, 0.1) is 0 Å². The van der Waals surface area contributed by atoms with Gasteiger partial charge < -0.3 is 0 Å². The zero-order chi connectivity index (χ0) is 13.4. The molecule has 3 aliphatic rings. The van der Waals surface area contributed by atoms with Crippen LogP contribution in [0.5, 0.6) is 0 Å². The fraction of sp³-hybridized carbons (Fsp3) is 1.00.